The summed E-state index contributed by atoms with van der Waals surface area (Å²) in [7, 11) is 3.39. The van der Waals surface area contributed by atoms with Crippen molar-refractivity contribution < 1.29 is 14.3 Å². The van der Waals surface area contributed by atoms with E-state index in [4.69, 9.17) is 9.73 Å². The molecule has 162 valence electrons. The molecular weight excluding hydrogens is 382 g/mol. The van der Waals surface area contributed by atoms with Crippen molar-refractivity contribution in [3.05, 3.63) is 24.3 Å². The number of imide groups is 1. The molecule has 4 rings (SSSR count). The molecule has 2 saturated heterocycles. The van der Waals surface area contributed by atoms with Crippen molar-refractivity contribution in [3.8, 4) is 5.75 Å². The SMILES string of the molecule is CCCCCCCN1C(=O)C2C(N=C3N(c4cccc(OC)c4)CCN32)N(C)C1=O. The molecule has 1 aromatic rings. The number of hydrogen-bond donors (Lipinski definition) is 0. The monoisotopic (exact) mass is 413 g/mol. The van der Waals surface area contributed by atoms with Crippen LogP contribution in [0.1, 0.15) is 39.0 Å². The summed E-state index contributed by atoms with van der Waals surface area (Å²) in [5.41, 5.74) is 0.975. The summed E-state index contributed by atoms with van der Waals surface area (Å²) in [6.07, 6.45) is 4.93. The minimum Gasteiger partial charge on any atom is -0.497 e. The molecule has 0 bridgehead atoms. The van der Waals surface area contributed by atoms with Crippen molar-refractivity contribution in [1.82, 2.24) is 14.7 Å². The molecule has 3 aliphatic heterocycles. The van der Waals surface area contributed by atoms with E-state index in [0.717, 1.165) is 43.2 Å². The van der Waals surface area contributed by atoms with Crippen LogP contribution in [0.15, 0.2) is 29.3 Å². The summed E-state index contributed by atoms with van der Waals surface area (Å²) in [4.78, 5) is 38.2. The summed E-state index contributed by atoms with van der Waals surface area (Å²) >= 11 is 0. The van der Waals surface area contributed by atoms with E-state index in [1.807, 2.05) is 24.3 Å². The average molecular weight is 414 g/mol. The van der Waals surface area contributed by atoms with Crippen LogP contribution in [0.5, 0.6) is 5.75 Å². The number of ether oxygens (including phenoxy) is 1. The maximum atomic E-state index is 13.3. The molecule has 2 atom stereocenters. The summed E-state index contributed by atoms with van der Waals surface area (Å²) in [6, 6.07) is 7.15. The summed E-state index contributed by atoms with van der Waals surface area (Å²) < 4.78 is 5.35. The number of benzene rings is 1. The predicted molar refractivity (Wildman–Crippen MR) is 116 cm³/mol. The van der Waals surface area contributed by atoms with E-state index in [9.17, 15) is 9.59 Å². The number of nitrogens with zero attached hydrogens (tertiary/aromatic N) is 5. The van der Waals surface area contributed by atoms with E-state index < -0.39 is 12.2 Å². The number of methoxy groups -OCH3 is 1. The smallest absolute Gasteiger partial charge is 0.328 e. The van der Waals surface area contributed by atoms with Crippen LogP contribution >= 0.6 is 0 Å². The Bertz CT molecular complexity index is 842. The van der Waals surface area contributed by atoms with Crippen molar-refractivity contribution in [2.45, 2.75) is 51.2 Å². The van der Waals surface area contributed by atoms with Gasteiger partial charge in [0, 0.05) is 38.4 Å². The lowest BCUT2D eigenvalue weighted by Gasteiger charge is -2.40. The van der Waals surface area contributed by atoms with Gasteiger partial charge in [0.15, 0.2) is 12.2 Å². The largest absolute Gasteiger partial charge is 0.497 e. The first-order valence-electron chi connectivity index (χ1n) is 10.9. The number of hydrogen-bond acceptors (Lipinski definition) is 6. The first-order valence-corrected chi connectivity index (χ1v) is 10.9. The predicted octanol–water partition coefficient (Wildman–Crippen LogP) is 2.75. The normalized spacial score (nSPS) is 23.1. The molecule has 3 aliphatic rings. The molecule has 2 unspecified atom stereocenters. The van der Waals surface area contributed by atoms with Crippen molar-refractivity contribution in [2.24, 2.45) is 4.99 Å². The molecule has 0 aromatic heterocycles. The number of likely N-dealkylation sites (N-methyl/N-ethyl adjacent to an activating group) is 1. The van der Waals surface area contributed by atoms with E-state index in [0.29, 0.717) is 13.1 Å². The van der Waals surface area contributed by atoms with E-state index in [1.165, 1.54) is 17.7 Å². The topological polar surface area (TPSA) is 68.7 Å². The maximum absolute atomic E-state index is 13.3. The van der Waals surface area contributed by atoms with E-state index in [-0.39, 0.29) is 11.9 Å². The van der Waals surface area contributed by atoms with Crippen LogP contribution in [0, 0.1) is 0 Å². The maximum Gasteiger partial charge on any atom is 0.328 e. The number of anilines is 1. The Morgan fingerprint density at radius 2 is 1.93 bits per heavy atom. The minimum atomic E-state index is -0.468. The van der Waals surface area contributed by atoms with Crippen LogP contribution in [-0.2, 0) is 4.79 Å². The van der Waals surface area contributed by atoms with E-state index >= 15 is 0 Å². The Morgan fingerprint density at radius 1 is 1.13 bits per heavy atom. The molecule has 30 heavy (non-hydrogen) atoms. The number of carbonyl (C=O) groups excluding carboxylic acids is 2. The highest BCUT2D eigenvalue weighted by Gasteiger charge is 2.54. The first kappa shape index (κ1) is 20.5. The summed E-state index contributed by atoms with van der Waals surface area (Å²) in [5, 5.41) is 0. The van der Waals surface area contributed by atoms with Crippen LogP contribution in [0.4, 0.5) is 10.5 Å². The number of urea groups is 1. The van der Waals surface area contributed by atoms with Gasteiger partial charge in [0.1, 0.15) is 5.75 Å². The van der Waals surface area contributed by atoms with Gasteiger partial charge in [-0.1, -0.05) is 38.7 Å². The van der Waals surface area contributed by atoms with Gasteiger partial charge in [-0.25, -0.2) is 9.79 Å². The number of unbranched alkanes of at least 4 members (excludes halogenated alkanes) is 4. The lowest BCUT2D eigenvalue weighted by molar-refractivity contribution is -0.137. The second kappa shape index (κ2) is 8.53. The molecule has 0 saturated carbocycles. The van der Waals surface area contributed by atoms with Crippen LogP contribution in [-0.4, -0.2) is 78.6 Å². The van der Waals surface area contributed by atoms with Gasteiger partial charge in [-0.15, -0.1) is 0 Å². The molecule has 3 heterocycles. The number of guanidine groups is 1. The average Bonchev–Trinajstić information content (AvgIpc) is 3.33. The fourth-order valence-electron chi connectivity index (χ4n) is 4.54. The number of amides is 3. The van der Waals surface area contributed by atoms with Crippen molar-refractivity contribution >= 4 is 23.6 Å². The Balaban J connectivity index is 1.51. The minimum absolute atomic E-state index is 0.121. The zero-order valence-corrected chi connectivity index (χ0v) is 18.1. The lowest BCUT2D eigenvalue weighted by Crippen LogP contribution is -2.64. The number of fused-ring (bicyclic) bond motifs is 3. The summed E-state index contributed by atoms with van der Waals surface area (Å²) in [6.45, 7) is 4.11. The Labute approximate surface area is 178 Å². The molecule has 0 spiro atoms. The Kier molecular flexibility index (Phi) is 5.83. The molecular formula is C22H31N5O3. The standard InChI is InChI=1S/C22H31N5O3/c1-4-5-6-7-8-12-27-20(28)18-19(24(2)22(27)29)23-21-25(13-14-26(18)21)16-10-9-11-17(15-16)30-3/h9-11,15,18-19H,4-8,12-14H2,1-3H3. The second-order valence-electron chi connectivity index (χ2n) is 8.13. The van der Waals surface area contributed by atoms with E-state index in [1.54, 1.807) is 19.1 Å². The molecule has 3 amide bonds. The first-order chi connectivity index (χ1) is 14.6. The molecule has 0 N–H and O–H groups in total. The zero-order chi connectivity index (χ0) is 21.3. The quantitative estimate of drug-likeness (QED) is 0.613. The van der Waals surface area contributed by atoms with Gasteiger partial charge in [0.05, 0.1) is 7.11 Å². The van der Waals surface area contributed by atoms with Crippen molar-refractivity contribution in [1.29, 1.82) is 0 Å². The second-order valence-corrected chi connectivity index (χ2v) is 8.13. The van der Waals surface area contributed by atoms with Gasteiger partial charge in [-0.3, -0.25) is 9.69 Å². The molecule has 2 fully saturated rings. The third-order valence-corrected chi connectivity index (χ3v) is 6.23. The number of carbonyl (C=O) groups is 2. The summed E-state index contributed by atoms with van der Waals surface area (Å²) in [5.74, 6) is 1.42. The molecule has 8 heteroatoms. The van der Waals surface area contributed by atoms with Gasteiger partial charge in [0.2, 0.25) is 5.96 Å². The van der Waals surface area contributed by atoms with Gasteiger partial charge < -0.3 is 19.4 Å². The highest BCUT2D eigenvalue weighted by molar-refractivity contribution is 6.08. The van der Waals surface area contributed by atoms with Crippen molar-refractivity contribution in [2.75, 3.05) is 38.7 Å². The number of aliphatic imine (C=N–C) groups is 1. The fraction of sp³-hybridized carbons (Fsp3) is 0.591. The lowest BCUT2D eigenvalue weighted by atomic mass is 10.1. The third-order valence-electron chi connectivity index (χ3n) is 6.23. The molecule has 0 aliphatic carbocycles. The molecule has 0 radical (unpaired) electrons. The zero-order valence-electron chi connectivity index (χ0n) is 18.1. The number of rotatable bonds is 8. The van der Waals surface area contributed by atoms with Gasteiger partial charge in [0.25, 0.3) is 5.91 Å². The van der Waals surface area contributed by atoms with Crippen LogP contribution in [0.2, 0.25) is 0 Å². The van der Waals surface area contributed by atoms with Gasteiger partial charge in [-0.2, -0.15) is 0 Å². The highest BCUT2D eigenvalue weighted by atomic mass is 16.5. The third kappa shape index (κ3) is 3.48. The molecule has 1 aromatic carbocycles. The molecule has 8 nitrogen and oxygen atoms in total. The van der Waals surface area contributed by atoms with E-state index in [2.05, 4.69) is 16.7 Å². The Morgan fingerprint density at radius 3 is 2.70 bits per heavy atom. The van der Waals surface area contributed by atoms with Crippen molar-refractivity contribution in [3.63, 3.8) is 0 Å². The highest BCUT2D eigenvalue weighted by Crippen LogP contribution is 2.34. The van der Waals surface area contributed by atoms with Gasteiger partial charge in [-0.05, 0) is 18.6 Å². The Hall–Kier alpha value is -2.77. The van der Waals surface area contributed by atoms with Gasteiger partial charge >= 0.3 is 6.03 Å². The van der Waals surface area contributed by atoms with Crippen LogP contribution in [0.3, 0.4) is 0 Å². The van der Waals surface area contributed by atoms with Crippen LogP contribution < -0.4 is 9.64 Å². The van der Waals surface area contributed by atoms with Crippen LogP contribution in [0.25, 0.3) is 0 Å². The fourth-order valence-corrected chi connectivity index (χ4v) is 4.54.